The van der Waals surface area contributed by atoms with Gasteiger partial charge in [-0.2, -0.15) is 0 Å². The van der Waals surface area contributed by atoms with Crippen LogP contribution in [-0.4, -0.2) is 26.6 Å². The van der Waals surface area contributed by atoms with E-state index in [9.17, 15) is 18.7 Å². The third kappa shape index (κ3) is 3.34. The molecule has 0 saturated carbocycles. The van der Waals surface area contributed by atoms with Crippen LogP contribution in [0.2, 0.25) is 0 Å². The van der Waals surface area contributed by atoms with E-state index in [1.54, 1.807) is 6.92 Å². The Morgan fingerprint density at radius 2 is 2.00 bits per heavy atom. The Morgan fingerprint density at radius 3 is 2.61 bits per heavy atom. The number of aromatic nitrogens is 3. The maximum atomic E-state index is 14.8. The second kappa shape index (κ2) is 7.56. The zero-order chi connectivity index (χ0) is 20.4. The van der Waals surface area contributed by atoms with E-state index in [-0.39, 0.29) is 23.4 Å². The monoisotopic (exact) mass is 385 g/mol. The molecule has 2 aromatic heterocycles. The maximum absolute atomic E-state index is 14.8. The van der Waals surface area contributed by atoms with Crippen molar-refractivity contribution < 1.29 is 18.6 Å². The standard InChI is InChI=1S/C20H17F2N3O3/c1-4-5-12-8-15(22)17(16(9-12)28-3)18-19(26)24(2)25(20(18)27)11-14-7-6-13(21)10-23-14/h6-10,26H,11H2,1-3H3. The van der Waals surface area contributed by atoms with Crippen molar-refractivity contribution in [2.24, 2.45) is 7.05 Å². The molecule has 0 fully saturated rings. The molecule has 0 amide bonds. The van der Waals surface area contributed by atoms with Crippen molar-refractivity contribution in [3.05, 3.63) is 63.7 Å². The zero-order valence-corrected chi connectivity index (χ0v) is 15.5. The fraction of sp³-hybridized carbons (Fsp3) is 0.200. The number of ether oxygens (including phenoxy) is 1. The number of pyridine rings is 1. The van der Waals surface area contributed by atoms with Gasteiger partial charge in [0, 0.05) is 12.6 Å². The predicted octanol–water partition coefficient (Wildman–Crippen LogP) is 2.66. The number of benzene rings is 1. The van der Waals surface area contributed by atoms with Gasteiger partial charge in [0.15, 0.2) is 0 Å². The minimum Gasteiger partial charge on any atom is -0.496 e. The van der Waals surface area contributed by atoms with Gasteiger partial charge in [-0.25, -0.2) is 13.5 Å². The first-order valence-electron chi connectivity index (χ1n) is 8.27. The lowest BCUT2D eigenvalue weighted by Crippen LogP contribution is -2.23. The summed E-state index contributed by atoms with van der Waals surface area (Å²) in [6, 6.07) is 5.30. The number of aromatic hydroxyl groups is 1. The highest BCUT2D eigenvalue weighted by atomic mass is 19.1. The molecule has 0 spiro atoms. The molecule has 3 rings (SSSR count). The number of hydrogen-bond donors (Lipinski definition) is 1. The number of hydrogen-bond acceptors (Lipinski definition) is 4. The lowest BCUT2D eigenvalue weighted by molar-refractivity contribution is 0.388. The summed E-state index contributed by atoms with van der Waals surface area (Å²) < 4.78 is 35.4. The molecule has 28 heavy (non-hydrogen) atoms. The van der Waals surface area contributed by atoms with Crippen molar-refractivity contribution in [2.75, 3.05) is 7.11 Å². The summed E-state index contributed by atoms with van der Waals surface area (Å²) in [5.74, 6) is 3.77. The molecule has 144 valence electrons. The van der Waals surface area contributed by atoms with Crippen LogP contribution in [0.3, 0.4) is 0 Å². The van der Waals surface area contributed by atoms with Crippen LogP contribution in [-0.2, 0) is 13.6 Å². The van der Waals surface area contributed by atoms with Crippen LogP contribution in [0.1, 0.15) is 18.2 Å². The summed E-state index contributed by atoms with van der Waals surface area (Å²) in [5.41, 5.74) is -0.260. The highest BCUT2D eigenvalue weighted by Gasteiger charge is 2.25. The Kier molecular flexibility index (Phi) is 5.18. The highest BCUT2D eigenvalue weighted by molar-refractivity contribution is 5.75. The smallest absolute Gasteiger partial charge is 0.279 e. The molecule has 2 heterocycles. The van der Waals surface area contributed by atoms with Crippen molar-refractivity contribution in [2.45, 2.75) is 13.5 Å². The molecule has 8 heteroatoms. The maximum Gasteiger partial charge on any atom is 0.279 e. The lowest BCUT2D eigenvalue weighted by atomic mass is 10.0. The molecule has 0 bridgehead atoms. The molecule has 1 N–H and O–H groups in total. The van der Waals surface area contributed by atoms with Gasteiger partial charge in [-0.15, -0.1) is 5.92 Å². The van der Waals surface area contributed by atoms with E-state index in [0.717, 1.165) is 6.20 Å². The molecule has 1 aromatic carbocycles. The SMILES string of the molecule is CC#Cc1cc(F)c(-c2c(O)n(C)n(Cc3ccc(F)cn3)c2=O)c(OC)c1. The number of halogens is 2. The van der Waals surface area contributed by atoms with Crippen LogP contribution in [0.15, 0.2) is 35.3 Å². The van der Waals surface area contributed by atoms with Crippen molar-refractivity contribution >= 4 is 0 Å². The second-order valence-corrected chi connectivity index (χ2v) is 5.96. The quantitative estimate of drug-likeness (QED) is 0.701. The summed E-state index contributed by atoms with van der Waals surface area (Å²) in [6.07, 6.45) is 1.03. The molecular weight excluding hydrogens is 368 g/mol. The van der Waals surface area contributed by atoms with Gasteiger partial charge in [0.2, 0.25) is 5.88 Å². The van der Waals surface area contributed by atoms with Crippen LogP contribution in [0.4, 0.5) is 8.78 Å². The molecule has 6 nitrogen and oxygen atoms in total. The first-order chi connectivity index (χ1) is 13.4. The Hall–Kier alpha value is -3.60. The van der Waals surface area contributed by atoms with Gasteiger partial charge >= 0.3 is 0 Å². The van der Waals surface area contributed by atoms with E-state index in [1.165, 1.54) is 47.8 Å². The van der Waals surface area contributed by atoms with Gasteiger partial charge in [-0.3, -0.25) is 14.5 Å². The summed E-state index contributed by atoms with van der Waals surface area (Å²) >= 11 is 0. The number of rotatable bonds is 4. The molecular formula is C20H17F2N3O3. The van der Waals surface area contributed by atoms with E-state index < -0.39 is 23.1 Å². The van der Waals surface area contributed by atoms with Crippen LogP contribution in [0.25, 0.3) is 11.1 Å². The van der Waals surface area contributed by atoms with Crippen LogP contribution in [0.5, 0.6) is 11.6 Å². The third-order valence-corrected chi connectivity index (χ3v) is 4.23. The first-order valence-corrected chi connectivity index (χ1v) is 8.27. The van der Waals surface area contributed by atoms with Crippen molar-refractivity contribution in [3.8, 4) is 34.6 Å². The van der Waals surface area contributed by atoms with Gasteiger partial charge in [0.25, 0.3) is 5.56 Å². The third-order valence-electron chi connectivity index (χ3n) is 4.23. The van der Waals surface area contributed by atoms with Gasteiger partial charge in [0.1, 0.15) is 22.9 Å². The molecule has 0 saturated heterocycles. The van der Waals surface area contributed by atoms with Crippen molar-refractivity contribution in [1.29, 1.82) is 0 Å². The lowest BCUT2D eigenvalue weighted by Gasteiger charge is -2.09. The summed E-state index contributed by atoms with van der Waals surface area (Å²) in [7, 11) is 2.79. The summed E-state index contributed by atoms with van der Waals surface area (Å²) in [4.78, 5) is 16.9. The average molecular weight is 385 g/mol. The summed E-state index contributed by atoms with van der Waals surface area (Å²) in [5, 5.41) is 10.5. The first kappa shape index (κ1) is 19.2. The van der Waals surface area contributed by atoms with E-state index in [2.05, 4.69) is 16.8 Å². The predicted molar refractivity (Wildman–Crippen MR) is 99.1 cm³/mol. The number of nitrogens with zero attached hydrogens (tertiary/aromatic N) is 3. The second-order valence-electron chi connectivity index (χ2n) is 5.96. The Morgan fingerprint density at radius 1 is 1.25 bits per heavy atom. The van der Waals surface area contributed by atoms with Crippen LogP contribution < -0.4 is 10.3 Å². The summed E-state index contributed by atoms with van der Waals surface area (Å²) in [6.45, 7) is 1.58. The topological polar surface area (TPSA) is 69.3 Å². The van der Waals surface area contributed by atoms with Gasteiger partial charge in [-0.05, 0) is 31.2 Å². The molecule has 0 aliphatic rings. The average Bonchev–Trinajstić information content (AvgIpc) is 2.87. The highest BCUT2D eigenvalue weighted by Crippen LogP contribution is 2.36. The molecule has 0 radical (unpaired) electrons. The number of methoxy groups -OCH3 is 1. The Labute approximate surface area is 159 Å². The molecule has 0 unspecified atom stereocenters. The van der Waals surface area contributed by atoms with Gasteiger partial charge < -0.3 is 9.84 Å². The van der Waals surface area contributed by atoms with E-state index in [0.29, 0.717) is 11.3 Å². The van der Waals surface area contributed by atoms with Gasteiger partial charge in [0.05, 0.1) is 31.1 Å². The Bertz CT molecular complexity index is 1150. The van der Waals surface area contributed by atoms with E-state index in [4.69, 9.17) is 4.74 Å². The Balaban J connectivity index is 2.17. The largest absolute Gasteiger partial charge is 0.496 e. The minimum atomic E-state index is -0.748. The van der Waals surface area contributed by atoms with Gasteiger partial charge in [-0.1, -0.05) is 5.92 Å². The fourth-order valence-electron chi connectivity index (χ4n) is 2.89. The van der Waals surface area contributed by atoms with Crippen LogP contribution >= 0.6 is 0 Å². The van der Waals surface area contributed by atoms with Crippen LogP contribution in [0, 0.1) is 23.5 Å². The van der Waals surface area contributed by atoms with E-state index in [1.807, 2.05) is 0 Å². The minimum absolute atomic E-state index is 0.0352. The molecule has 0 atom stereocenters. The molecule has 0 aliphatic heterocycles. The fourth-order valence-corrected chi connectivity index (χ4v) is 2.89. The normalized spacial score (nSPS) is 10.5. The molecule has 3 aromatic rings. The molecule has 0 aliphatic carbocycles. The van der Waals surface area contributed by atoms with E-state index >= 15 is 0 Å². The van der Waals surface area contributed by atoms with Crippen molar-refractivity contribution in [3.63, 3.8) is 0 Å². The zero-order valence-electron chi connectivity index (χ0n) is 15.5. The van der Waals surface area contributed by atoms with Crippen molar-refractivity contribution in [1.82, 2.24) is 14.3 Å².